The molecule has 170 valence electrons. The Hall–Kier alpha value is -1.33. The van der Waals surface area contributed by atoms with Crippen LogP contribution in [0.5, 0.6) is 5.75 Å². The number of hydrogen-bond donors (Lipinski definition) is 0. The number of halogens is 5. The van der Waals surface area contributed by atoms with Crippen LogP contribution in [0.4, 0.5) is 22.0 Å². The van der Waals surface area contributed by atoms with Crippen molar-refractivity contribution in [3.63, 3.8) is 0 Å². The van der Waals surface area contributed by atoms with Crippen molar-refractivity contribution in [2.24, 2.45) is 23.7 Å². The van der Waals surface area contributed by atoms with Crippen LogP contribution < -0.4 is 4.74 Å². The van der Waals surface area contributed by atoms with Crippen molar-refractivity contribution in [3.05, 3.63) is 29.8 Å². The molecule has 0 unspecified atom stereocenters. The topological polar surface area (TPSA) is 9.23 Å². The lowest BCUT2D eigenvalue weighted by molar-refractivity contribution is -0.360. The van der Waals surface area contributed by atoms with E-state index in [-0.39, 0.29) is 0 Å². The lowest BCUT2D eigenvalue weighted by Gasteiger charge is -2.37. The molecule has 1 aromatic carbocycles. The molecule has 2 aliphatic carbocycles. The monoisotopic (exact) mass is 432 g/mol. The molecule has 0 spiro atoms. The van der Waals surface area contributed by atoms with Crippen molar-refractivity contribution in [2.75, 3.05) is 0 Å². The highest BCUT2D eigenvalue weighted by Gasteiger charge is 2.61. The molecule has 1 aromatic rings. The van der Waals surface area contributed by atoms with Gasteiger partial charge in [0.1, 0.15) is 5.75 Å². The second-order valence-electron chi connectivity index (χ2n) is 9.27. The molecule has 0 saturated heterocycles. The zero-order valence-electron chi connectivity index (χ0n) is 17.7. The van der Waals surface area contributed by atoms with E-state index in [4.69, 9.17) is 0 Å². The zero-order valence-corrected chi connectivity index (χ0v) is 17.7. The molecule has 0 N–H and O–H groups in total. The molecule has 2 saturated carbocycles. The summed E-state index contributed by atoms with van der Waals surface area (Å²) in [6.45, 7) is 2.30. The third-order valence-corrected chi connectivity index (χ3v) is 7.37. The first-order valence-electron chi connectivity index (χ1n) is 11.4. The molecule has 0 amide bonds. The Kier molecular flexibility index (Phi) is 7.67. The predicted octanol–water partition coefficient (Wildman–Crippen LogP) is 8.18. The predicted molar refractivity (Wildman–Crippen MR) is 108 cm³/mol. The third kappa shape index (κ3) is 6.10. The van der Waals surface area contributed by atoms with Crippen molar-refractivity contribution in [1.29, 1.82) is 0 Å². The number of alkyl halides is 5. The molecule has 2 fully saturated rings. The van der Waals surface area contributed by atoms with Crippen LogP contribution in [0.1, 0.15) is 76.7 Å². The van der Waals surface area contributed by atoms with E-state index in [1.165, 1.54) is 69.9 Å². The summed E-state index contributed by atoms with van der Waals surface area (Å²) in [6.07, 6.45) is 2.98. The van der Waals surface area contributed by atoms with Crippen LogP contribution in [0.15, 0.2) is 24.3 Å². The van der Waals surface area contributed by atoms with Gasteiger partial charge < -0.3 is 4.74 Å². The van der Waals surface area contributed by atoms with Crippen LogP contribution in [-0.2, 0) is 6.42 Å². The van der Waals surface area contributed by atoms with E-state index >= 15 is 0 Å². The first-order chi connectivity index (χ1) is 14.2. The summed E-state index contributed by atoms with van der Waals surface area (Å²) in [5.41, 5.74) is 0.942. The first kappa shape index (κ1) is 23.3. The van der Waals surface area contributed by atoms with Gasteiger partial charge in [-0.3, -0.25) is 0 Å². The maximum atomic E-state index is 13.0. The lowest BCUT2D eigenvalue weighted by atomic mass is 9.68. The summed E-state index contributed by atoms with van der Waals surface area (Å²) in [7, 11) is 0. The molecule has 3 rings (SSSR count). The Morgan fingerprint density at radius 3 is 1.73 bits per heavy atom. The largest absolute Gasteiger partial charge is 0.499 e. The number of ether oxygens (including phenoxy) is 1. The van der Waals surface area contributed by atoms with Crippen LogP contribution in [0, 0.1) is 23.7 Å². The van der Waals surface area contributed by atoms with Gasteiger partial charge in [0.15, 0.2) is 0 Å². The van der Waals surface area contributed by atoms with Crippen LogP contribution >= 0.6 is 0 Å². The molecule has 0 atom stereocenters. The maximum absolute atomic E-state index is 13.0. The van der Waals surface area contributed by atoms with Gasteiger partial charge in [-0.15, -0.1) is 0 Å². The van der Waals surface area contributed by atoms with Crippen molar-refractivity contribution in [1.82, 2.24) is 0 Å². The Balaban J connectivity index is 1.39. The van der Waals surface area contributed by atoms with E-state index in [0.29, 0.717) is 5.92 Å². The molecule has 0 radical (unpaired) electrons. The van der Waals surface area contributed by atoms with Gasteiger partial charge in [0, 0.05) is 0 Å². The summed E-state index contributed by atoms with van der Waals surface area (Å²) in [6, 6.07) is 5.55. The quantitative estimate of drug-likeness (QED) is 0.395. The summed E-state index contributed by atoms with van der Waals surface area (Å²) in [5, 5.41) is 0. The second kappa shape index (κ2) is 9.86. The van der Waals surface area contributed by atoms with Gasteiger partial charge in [0.2, 0.25) is 0 Å². The molecule has 2 aliphatic rings. The highest BCUT2D eigenvalue weighted by atomic mass is 19.4. The standard InChI is InChI=1S/C24H33F5O/c1-2-17-5-11-20(12-6-17)21-13-7-18(8-14-21)3-4-19-9-15-22(16-10-19)30-24(28,29)23(25,26)27/h9-10,15-18,20-21H,2-8,11-14H2,1H3/t17-,18?,20-,21?. The van der Waals surface area contributed by atoms with E-state index in [1.807, 2.05) is 0 Å². The highest BCUT2D eigenvalue weighted by molar-refractivity contribution is 5.27. The second-order valence-corrected chi connectivity index (χ2v) is 9.27. The summed E-state index contributed by atoms with van der Waals surface area (Å²) in [4.78, 5) is 0. The Morgan fingerprint density at radius 2 is 1.27 bits per heavy atom. The summed E-state index contributed by atoms with van der Waals surface area (Å²) in [5.74, 6) is 2.94. The van der Waals surface area contributed by atoms with Gasteiger partial charge in [0.25, 0.3) is 0 Å². The van der Waals surface area contributed by atoms with Gasteiger partial charge >= 0.3 is 12.3 Å². The first-order valence-corrected chi connectivity index (χ1v) is 11.4. The molecule has 0 aromatic heterocycles. The SMILES string of the molecule is CC[C@H]1CC[C@H](C2CCC(CCc3ccc(OC(F)(F)C(F)(F)F)cc3)CC2)CC1. The molecule has 6 heteroatoms. The molecule has 30 heavy (non-hydrogen) atoms. The van der Waals surface area contributed by atoms with E-state index in [9.17, 15) is 22.0 Å². The fraction of sp³-hybridized carbons (Fsp3) is 0.750. The highest BCUT2D eigenvalue weighted by Crippen LogP contribution is 2.43. The minimum absolute atomic E-state index is 0.473. The molecular formula is C24H33F5O. The van der Waals surface area contributed by atoms with Gasteiger partial charge in [0.05, 0.1) is 0 Å². The lowest BCUT2D eigenvalue weighted by Crippen LogP contribution is -2.41. The molecule has 0 aliphatic heterocycles. The van der Waals surface area contributed by atoms with Crippen LogP contribution in [0.3, 0.4) is 0 Å². The molecular weight excluding hydrogens is 399 g/mol. The van der Waals surface area contributed by atoms with Crippen molar-refractivity contribution >= 4 is 0 Å². The van der Waals surface area contributed by atoms with Crippen LogP contribution in [0.25, 0.3) is 0 Å². The number of benzene rings is 1. The zero-order chi connectivity index (χ0) is 21.8. The Labute approximate surface area is 176 Å². The third-order valence-electron chi connectivity index (χ3n) is 7.37. The minimum atomic E-state index is -5.72. The number of hydrogen-bond acceptors (Lipinski definition) is 1. The summed E-state index contributed by atoms with van der Waals surface area (Å²) >= 11 is 0. The van der Waals surface area contributed by atoms with E-state index in [1.54, 1.807) is 12.1 Å². The summed E-state index contributed by atoms with van der Waals surface area (Å²) < 4.78 is 66.5. The van der Waals surface area contributed by atoms with E-state index < -0.39 is 18.0 Å². The van der Waals surface area contributed by atoms with Crippen molar-refractivity contribution in [3.8, 4) is 5.75 Å². The van der Waals surface area contributed by atoms with Gasteiger partial charge in [-0.2, -0.15) is 22.0 Å². The fourth-order valence-corrected chi connectivity index (χ4v) is 5.32. The number of aryl methyl sites for hydroxylation is 1. The normalized spacial score (nSPS) is 28.3. The van der Waals surface area contributed by atoms with Crippen molar-refractivity contribution < 1.29 is 26.7 Å². The van der Waals surface area contributed by atoms with Crippen molar-refractivity contribution in [2.45, 2.75) is 89.8 Å². The Bertz CT molecular complexity index is 639. The average Bonchev–Trinajstić information content (AvgIpc) is 2.73. The van der Waals surface area contributed by atoms with Gasteiger partial charge in [-0.1, -0.05) is 51.2 Å². The fourth-order valence-electron chi connectivity index (χ4n) is 5.32. The smallest absolute Gasteiger partial charge is 0.426 e. The maximum Gasteiger partial charge on any atom is 0.499 e. The van der Waals surface area contributed by atoms with Crippen LogP contribution in [0.2, 0.25) is 0 Å². The van der Waals surface area contributed by atoms with Gasteiger partial charge in [-0.25, -0.2) is 0 Å². The van der Waals surface area contributed by atoms with E-state index in [2.05, 4.69) is 11.7 Å². The molecule has 0 heterocycles. The van der Waals surface area contributed by atoms with Crippen LogP contribution in [-0.4, -0.2) is 12.3 Å². The molecule has 1 nitrogen and oxygen atoms in total. The Morgan fingerprint density at radius 1 is 0.767 bits per heavy atom. The molecule has 0 bridgehead atoms. The van der Waals surface area contributed by atoms with Gasteiger partial charge in [-0.05, 0) is 79.9 Å². The minimum Gasteiger partial charge on any atom is -0.426 e. The average molecular weight is 433 g/mol. The number of rotatable bonds is 7. The van der Waals surface area contributed by atoms with E-state index in [0.717, 1.165) is 36.2 Å².